The largest absolute Gasteiger partial charge is 0.480 e. The highest BCUT2D eigenvalue weighted by molar-refractivity contribution is 5.98. The number of alkyl halides is 4. The lowest BCUT2D eigenvalue weighted by molar-refractivity contribution is -0.136. The average molecular weight is 439 g/mol. The molecule has 13 heteroatoms. The van der Waals surface area contributed by atoms with E-state index in [4.69, 9.17) is 10.5 Å². The van der Waals surface area contributed by atoms with Gasteiger partial charge in [-0.1, -0.05) is 0 Å². The Morgan fingerprint density at radius 3 is 2.74 bits per heavy atom. The second kappa shape index (κ2) is 7.65. The lowest BCUT2D eigenvalue weighted by Crippen LogP contribution is -2.41. The highest BCUT2D eigenvalue weighted by Crippen LogP contribution is 2.38. The highest BCUT2D eigenvalue weighted by Gasteiger charge is 2.37. The quantitative estimate of drug-likeness (QED) is 0.527. The van der Waals surface area contributed by atoms with Crippen molar-refractivity contribution in [3.05, 3.63) is 35.8 Å². The number of halogens is 4. The molecule has 1 aliphatic rings. The first-order valence-corrected chi connectivity index (χ1v) is 9.10. The Hall–Kier alpha value is -3.48. The number of ether oxygens (including phenoxy) is 1. The number of amides is 1. The number of nitrogens with zero attached hydrogens (tertiary/aromatic N) is 4. The summed E-state index contributed by atoms with van der Waals surface area (Å²) in [6, 6.07) is 1.40. The first-order valence-electron chi connectivity index (χ1n) is 9.10. The Bertz CT molecular complexity index is 1150. The summed E-state index contributed by atoms with van der Waals surface area (Å²) in [6.45, 7) is 0.356. The first kappa shape index (κ1) is 20.8. The van der Waals surface area contributed by atoms with Gasteiger partial charge < -0.3 is 21.1 Å². The van der Waals surface area contributed by atoms with Gasteiger partial charge in [0.2, 0.25) is 5.88 Å². The monoisotopic (exact) mass is 439 g/mol. The van der Waals surface area contributed by atoms with Gasteiger partial charge in [0.1, 0.15) is 23.6 Å². The molecular formula is C18H17F4N7O2. The van der Waals surface area contributed by atoms with Gasteiger partial charge in [0.05, 0.1) is 24.4 Å². The third kappa shape index (κ3) is 3.71. The van der Waals surface area contributed by atoms with E-state index in [9.17, 15) is 22.4 Å². The second-order valence-corrected chi connectivity index (χ2v) is 6.88. The molecule has 0 bridgehead atoms. The van der Waals surface area contributed by atoms with Crippen molar-refractivity contribution < 1.29 is 27.1 Å². The Kier molecular flexibility index (Phi) is 5.13. The van der Waals surface area contributed by atoms with E-state index in [1.54, 1.807) is 0 Å². The number of hydrogen-bond donors (Lipinski definition) is 3. The molecule has 0 aliphatic carbocycles. The van der Waals surface area contributed by atoms with Crippen molar-refractivity contribution in [2.75, 3.05) is 25.9 Å². The molecule has 31 heavy (non-hydrogen) atoms. The lowest BCUT2D eigenvalue weighted by Gasteiger charge is -2.15. The number of hydrogen-bond acceptors (Lipinski definition) is 7. The number of fused-ring (bicyclic) bond motifs is 1. The predicted molar refractivity (Wildman–Crippen MR) is 101 cm³/mol. The summed E-state index contributed by atoms with van der Waals surface area (Å²) in [7, 11) is 1.29. The van der Waals surface area contributed by atoms with Crippen LogP contribution in [0.15, 0.2) is 24.7 Å². The molecule has 1 saturated heterocycles. The van der Waals surface area contributed by atoms with Gasteiger partial charge in [-0.15, -0.1) is 0 Å². The number of nitrogen functional groups attached to an aromatic ring is 1. The molecule has 0 unspecified atom stereocenters. The van der Waals surface area contributed by atoms with Gasteiger partial charge >= 0.3 is 6.18 Å². The van der Waals surface area contributed by atoms with Gasteiger partial charge in [0, 0.05) is 24.8 Å². The fourth-order valence-corrected chi connectivity index (χ4v) is 3.44. The van der Waals surface area contributed by atoms with E-state index in [0.29, 0.717) is 0 Å². The fourth-order valence-electron chi connectivity index (χ4n) is 3.44. The molecule has 4 N–H and O–H groups in total. The number of methoxy groups -OCH3 is 1. The van der Waals surface area contributed by atoms with Crippen LogP contribution in [0.1, 0.15) is 15.9 Å². The van der Waals surface area contributed by atoms with E-state index >= 15 is 0 Å². The second-order valence-electron chi connectivity index (χ2n) is 6.88. The summed E-state index contributed by atoms with van der Waals surface area (Å²) in [4.78, 5) is 20.4. The number of pyridine rings is 1. The van der Waals surface area contributed by atoms with Gasteiger partial charge in [0.25, 0.3) is 5.91 Å². The van der Waals surface area contributed by atoms with Crippen molar-refractivity contribution in [3.63, 3.8) is 0 Å². The van der Waals surface area contributed by atoms with Crippen LogP contribution in [0.2, 0.25) is 0 Å². The number of nitrogens with one attached hydrogen (secondary N) is 2. The lowest BCUT2D eigenvalue weighted by atomic mass is 10.1. The van der Waals surface area contributed by atoms with Crippen molar-refractivity contribution in [1.82, 2.24) is 30.2 Å². The molecule has 0 saturated carbocycles. The maximum Gasteiger partial charge on any atom is 0.418 e. The van der Waals surface area contributed by atoms with E-state index in [0.717, 1.165) is 16.9 Å². The number of anilines is 1. The van der Waals surface area contributed by atoms with Gasteiger partial charge in [0.15, 0.2) is 5.82 Å². The van der Waals surface area contributed by atoms with Crippen molar-refractivity contribution in [1.29, 1.82) is 0 Å². The first-order chi connectivity index (χ1) is 14.7. The predicted octanol–water partition coefficient (Wildman–Crippen LogP) is 1.44. The van der Waals surface area contributed by atoms with Crippen molar-refractivity contribution >= 4 is 17.2 Å². The summed E-state index contributed by atoms with van der Waals surface area (Å²) in [6.07, 6.45) is -3.72. The zero-order valence-electron chi connectivity index (χ0n) is 16.1. The van der Waals surface area contributed by atoms with Crippen LogP contribution < -0.4 is 21.1 Å². The van der Waals surface area contributed by atoms with E-state index in [1.807, 2.05) is 0 Å². The van der Waals surface area contributed by atoms with Crippen LogP contribution in [0.25, 0.3) is 16.8 Å². The minimum absolute atomic E-state index is 0.00784. The normalized spacial score (nSPS) is 19.0. The maximum absolute atomic E-state index is 13.9. The molecule has 0 aromatic carbocycles. The number of rotatable bonds is 4. The minimum Gasteiger partial charge on any atom is -0.480 e. The van der Waals surface area contributed by atoms with Crippen molar-refractivity contribution in [2.45, 2.75) is 18.4 Å². The maximum atomic E-state index is 13.9. The zero-order valence-corrected chi connectivity index (χ0v) is 16.1. The van der Waals surface area contributed by atoms with Crippen LogP contribution in [0.3, 0.4) is 0 Å². The minimum atomic E-state index is -4.71. The standard InChI is InChI=1S/C18H17F4N7O2/c1-31-17-9(16(30)28-12-6-24-5-11(12)19)2-8(4-25-17)13-3-10(18(20,21)22)14-15(23)26-7-27-29(13)14/h2-4,7,11-12,24H,5-6H2,1H3,(H,28,30)(H2,23,26,27)/t11-,12+/m0/s1. The van der Waals surface area contributed by atoms with Crippen LogP contribution in [0.4, 0.5) is 23.4 Å². The average Bonchev–Trinajstić information content (AvgIpc) is 3.32. The Morgan fingerprint density at radius 2 is 2.10 bits per heavy atom. The summed E-state index contributed by atoms with van der Waals surface area (Å²) in [5.41, 5.74) is 4.30. The third-order valence-corrected chi connectivity index (χ3v) is 4.93. The smallest absolute Gasteiger partial charge is 0.418 e. The zero-order chi connectivity index (χ0) is 22.3. The molecule has 0 radical (unpaired) electrons. The Morgan fingerprint density at radius 1 is 1.32 bits per heavy atom. The summed E-state index contributed by atoms with van der Waals surface area (Å²) < 4.78 is 60.6. The van der Waals surface area contributed by atoms with Crippen LogP contribution in [0.5, 0.6) is 5.88 Å². The van der Waals surface area contributed by atoms with Crippen LogP contribution >= 0.6 is 0 Å². The molecule has 3 aromatic heterocycles. The van der Waals surface area contributed by atoms with Gasteiger partial charge in [-0.3, -0.25) is 4.79 Å². The SMILES string of the molecule is COc1ncc(-c2cc(C(F)(F)F)c3c(N)ncnn23)cc1C(=O)N[C@@H]1CNC[C@@H]1F. The fraction of sp³-hybridized carbons (Fsp3) is 0.333. The molecule has 4 heterocycles. The molecule has 3 aromatic rings. The molecule has 164 valence electrons. The molecule has 1 fully saturated rings. The molecule has 0 spiro atoms. The van der Waals surface area contributed by atoms with E-state index < -0.39 is 35.4 Å². The number of aromatic nitrogens is 4. The summed E-state index contributed by atoms with van der Waals surface area (Å²) >= 11 is 0. The van der Waals surface area contributed by atoms with Gasteiger partial charge in [-0.25, -0.2) is 18.9 Å². The number of carbonyl (C=O) groups excluding carboxylic acids is 1. The topological polar surface area (TPSA) is 119 Å². The van der Waals surface area contributed by atoms with Crippen LogP contribution in [-0.2, 0) is 6.18 Å². The van der Waals surface area contributed by atoms with Gasteiger partial charge in [-0.05, 0) is 12.1 Å². The summed E-state index contributed by atoms with van der Waals surface area (Å²) in [5.74, 6) is -1.09. The van der Waals surface area contributed by atoms with Crippen LogP contribution in [0, 0.1) is 0 Å². The Balaban J connectivity index is 1.81. The van der Waals surface area contributed by atoms with Crippen LogP contribution in [-0.4, -0.2) is 57.9 Å². The molecule has 1 aliphatic heterocycles. The van der Waals surface area contributed by atoms with Crippen molar-refractivity contribution in [3.8, 4) is 17.1 Å². The number of nitrogens with two attached hydrogens (primary N) is 1. The highest BCUT2D eigenvalue weighted by atomic mass is 19.4. The number of carbonyl (C=O) groups is 1. The van der Waals surface area contributed by atoms with Gasteiger partial charge in [-0.2, -0.15) is 18.3 Å². The van der Waals surface area contributed by atoms with E-state index in [-0.39, 0.29) is 41.6 Å². The summed E-state index contributed by atoms with van der Waals surface area (Å²) in [5, 5.41) is 9.23. The Labute approximate surface area is 172 Å². The van der Waals surface area contributed by atoms with E-state index in [1.165, 1.54) is 19.4 Å². The molecule has 2 atom stereocenters. The molecule has 4 rings (SSSR count). The molecule has 9 nitrogen and oxygen atoms in total. The third-order valence-electron chi connectivity index (χ3n) is 4.93. The van der Waals surface area contributed by atoms with Crippen molar-refractivity contribution in [2.24, 2.45) is 0 Å². The molecule has 1 amide bonds. The van der Waals surface area contributed by atoms with E-state index in [2.05, 4.69) is 25.7 Å². The molecular weight excluding hydrogens is 422 g/mol.